The molecule has 0 heteroatoms. The van der Waals surface area contributed by atoms with E-state index in [1.165, 1.54) is 56.9 Å². The van der Waals surface area contributed by atoms with Crippen LogP contribution < -0.4 is 0 Å². The molecule has 0 unspecified atom stereocenters. The van der Waals surface area contributed by atoms with E-state index < -0.39 is 0 Å². The van der Waals surface area contributed by atoms with E-state index in [1.807, 2.05) is 12.1 Å². The zero-order valence-corrected chi connectivity index (χ0v) is 11.1. The molecule has 1 aromatic rings. The number of rotatable bonds is 5. The first-order valence-corrected chi connectivity index (χ1v) is 7.33. The lowest BCUT2D eigenvalue weighted by molar-refractivity contribution is 0.252. The van der Waals surface area contributed by atoms with E-state index in [0.29, 0.717) is 0 Å². The van der Waals surface area contributed by atoms with Crippen LogP contribution in [0.5, 0.6) is 0 Å². The second-order valence-corrected chi connectivity index (χ2v) is 5.62. The SMILES string of the molecule is CCCC1CCC(CCc2cc[c]cc2)CC1. The third-order valence-corrected chi connectivity index (χ3v) is 4.29. The average Bonchev–Trinajstić information content (AvgIpc) is 2.40. The molecule has 0 amide bonds. The van der Waals surface area contributed by atoms with Crippen molar-refractivity contribution in [1.82, 2.24) is 0 Å². The molecule has 93 valence electrons. The summed E-state index contributed by atoms with van der Waals surface area (Å²) in [6, 6.07) is 11.6. The van der Waals surface area contributed by atoms with E-state index in [1.54, 1.807) is 0 Å². The van der Waals surface area contributed by atoms with Crippen LogP contribution in [0.1, 0.15) is 57.4 Å². The topological polar surface area (TPSA) is 0 Å². The molecular formula is C17H25. The molecule has 1 aliphatic carbocycles. The van der Waals surface area contributed by atoms with Crippen molar-refractivity contribution >= 4 is 0 Å². The van der Waals surface area contributed by atoms with Crippen molar-refractivity contribution in [3.05, 3.63) is 35.9 Å². The second kappa shape index (κ2) is 6.83. The highest BCUT2D eigenvalue weighted by Gasteiger charge is 2.20. The molecule has 0 bridgehead atoms. The summed E-state index contributed by atoms with van der Waals surface area (Å²) in [4.78, 5) is 0. The van der Waals surface area contributed by atoms with Crippen molar-refractivity contribution in [2.45, 2.75) is 58.3 Å². The minimum absolute atomic E-state index is 0.993. The smallest absolute Gasteiger partial charge is 0.0184 e. The van der Waals surface area contributed by atoms with Gasteiger partial charge < -0.3 is 0 Å². The van der Waals surface area contributed by atoms with Crippen LogP contribution in [-0.2, 0) is 6.42 Å². The van der Waals surface area contributed by atoms with E-state index in [2.05, 4.69) is 25.1 Å². The predicted octanol–water partition coefficient (Wildman–Crippen LogP) is 5.03. The zero-order valence-electron chi connectivity index (χ0n) is 11.1. The number of hydrogen-bond acceptors (Lipinski definition) is 0. The standard InChI is InChI=1S/C17H25/c1-2-6-15-9-12-17(13-10-15)14-11-16-7-4-3-5-8-16/h4-5,7-8,15,17H,2,6,9-14H2,1H3. The molecule has 1 radical (unpaired) electrons. The summed E-state index contributed by atoms with van der Waals surface area (Å²) in [6.45, 7) is 2.32. The summed E-state index contributed by atoms with van der Waals surface area (Å²) in [6.07, 6.45) is 11.4. The normalized spacial score (nSPS) is 24.8. The quantitative estimate of drug-likeness (QED) is 0.664. The van der Waals surface area contributed by atoms with Gasteiger partial charge in [-0.15, -0.1) is 0 Å². The number of benzene rings is 1. The van der Waals surface area contributed by atoms with E-state index in [9.17, 15) is 0 Å². The minimum atomic E-state index is 0.993. The van der Waals surface area contributed by atoms with E-state index in [0.717, 1.165) is 11.8 Å². The molecule has 0 atom stereocenters. The Morgan fingerprint density at radius 3 is 2.18 bits per heavy atom. The van der Waals surface area contributed by atoms with Crippen LogP contribution in [0.15, 0.2) is 24.3 Å². The zero-order chi connectivity index (χ0) is 11.9. The van der Waals surface area contributed by atoms with Gasteiger partial charge in [-0.2, -0.15) is 0 Å². The van der Waals surface area contributed by atoms with E-state index >= 15 is 0 Å². The Balaban J connectivity index is 1.68. The van der Waals surface area contributed by atoms with Gasteiger partial charge in [-0.1, -0.05) is 69.7 Å². The lowest BCUT2D eigenvalue weighted by atomic mass is 9.78. The van der Waals surface area contributed by atoms with Crippen LogP contribution in [0.4, 0.5) is 0 Å². The second-order valence-electron chi connectivity index (χ2n) is 5.62. The molecule has 0 spiro atoms. The Morgan fingerprint density at radius 2 is 1.59 bits per heavy atom. The van der Waals surface area contributed by atoms with Crippen molar-refractivity contribution in [3.63, 3.8) is 0 Å². The number of hydrogen-bond donors (Lipinski definition) is 0. The molecule has 2 rings (SSSR count). The third-order valence-electron chi connectivity index (χ3n) is 4.29. The van der Waals surface area contributed by atoms with Crippen molar-refractivity contribution in [1.29, 1.82) is 0 Å². The first-order chi connectivity index (χ1) is 8.38. The van der Waals surface area contributed by atoms with Gasteiger partial charge in [0.05, 0.1) is 0 Å². The maximum Gasteiger partial charge on any atom is -0.0184 e. The maximum atomic E-state index is 3.09. The molecule has 1 fully saturated rings. The fourth-order valence-corrected chi connectivity index (χ4v) is 3.18. The Morgan fingerprint density at radius 1 is 1.00 bits per heavy atom. The fraction of sp³-hybridized carbons (Fsp3) is 0.647. The third kappa shape index (κ3) is 4.18. The monoisotopic (exact) mass is 229 g/mol. The maximum absolute atomic E-state index is 3.09. The molecule has 0 aromatic heterocycles. The van der Waals surface area contributed by atoms with Crippen LogP contribution in [0.25, 0.3) is 0 Å². The van der Waals surface area contributed by atoms with Crippen LogP contribution >= 0.6 is 0 Å². The van der Waals surface area contributed by atoms with Crippen LogP contribution in [0.2, 0.25) is 0 Å². The number of aryl methyl sites for hydroxylation is 1. The lowest BCUT2D eigenvalue weighted by Gasteiger charge is -2.28. The first-order valence-electron chi connectivity index (χ1n) is 7.33. The fourth-order valence-electron chi connectivity index (χ4n) is 3.18. The molecule has 17 heavy (non-hydrogen) atoms. The molecule has 0 aliphatic heterocycles. The van der Waals surface area contributed by atoms with Gasteiger partial charge in [0, 0.05) is 0 Å². The van der Waals surface area contributed by atoms with Crippen LogP contribution in [0, 0.1) is 17.9 Å². The highest BCUT2D eigenvalue weighted by molar-refractivity contribution is 5.13. The summed E-state index contributed by atoms with van der Waals surface area (Å²) < 4.78 is 0. The van der Waals surface area contributed by atoms with Crippen molar-refractivity contribution in [2.75, 3.05) is 0 Å². The van der Waals surface area contributed by atoms with Gasteiger partial charge in [-0.25, -0.2) is 0 Å². The largest absolute Gasteiger partial charge is 0.0654 e. The van der Waals surface area contributed by atoms with Gasteiger partial charge in [-0.05, 0) is 36.3 Å². The minimum Gasteiger partial charge on any atom is -0.0654 e. The summed E-state index contributed by atoms with van der Waals surface area (Å²) in [7, 11) is 0. The highest BCUT2D eigenvalue weighted by Crippen LogP contribution is 2.33. The highest BCUT2D eigenvalue weighted by atomic mass is 14.3. The molecule has 1 aliphatic rings. The van der Waals surface area contributed by atoms with Gasteiger partial charge in [0.1, 0.15) is 0 Å². The Labute approximate surface area is 106 Å². The van der Waals surface area contributed by atoms with Gasteiger partial charge in [-0.3, -0.25) is 0 Å². The van der Waals surface area contributed by atoms with Crippen molar-refractivity contribution < 1.29 is 0 Å². The van der Waals surface area contributed by atoms with Crippen molar-refractivity contribution in [2.24, 2.45) is 11.8 Å². The molecule has 0 nitrogen and oxygen atoms in total. The summed E-state index contributed by atoms with van der Waals surface area (Å²) >= 11 is 0. The van der Waals surface area contributed by atoms with Gasteiger partial charge in [0.15, 0.2) is 0 Å². The lowest BCUT2D eigenvalue weighted by Crippen LogP contribution is -2.15. The molecule has 0 saturated heterocycles. The summed E-state index contributed by atoms with van der Waals surface area (Å²) in [5, 5.41) is 0. The van der Waals surface area contributed by atoms with E-state index in [-0.39, 0.29) is 0 Å². The van der Waals surface area contributed by atoms with Gasteiger partial charge in [0.25, 0.3) is 0 Å². The Kier molecular flexibility index (Phi) is 5.09. The first kappa shape index (κ1) is 12.7. The molecule has 1 saturated carbocycles. The van der Waals surface area contributed by atoms with E-state index in [4.69, 9.17) is 0 Å². The van der Waals surface area contributed by atoms with Crippen molar-refractivity contribution in [3.8, 4) is 0 Å². The van der Waals surface area contributed by atoms with Crippen LogP contribution in [0.3, 0.4) is 0 Å². The molecule has 0 N–H and O–H groups in total. The molecule has 1 aromatic carbocycles. The predicted molar refractivity (Wildman–Crippen MR) is 74.0 cm³/mol. The van der Waals surface area contributed by atoms with Crippen LogP contribution in [-0.4, -0.2) is 0 Å². The summed E-state index contributed by atoms with van der Waals surface area (Å²) in [5.41, 5.74) is 1.49. The van der Waals surface area contributed by atoms with Gasteiger partial charge >= 0.3 is 0 Å². The Hall–Kier alpha value is -0.780. The Bertz CT molecular complexity index is 293. The van der Waals surface area contributed by atoms with Gasteiger partial charge in [0.2, 0.25) is 0 Å². The average molecular weight is 229 g/mol. The molecular weight excluding hydrogens is 204 g/mol. The molecule has 0 heterocycles. The summed E-state index contributed by atoms with van der Waals surface area (Å²) in [5.74, 6) is 2.04.